The van der Waals surface area contributed by atoms with Gasteiger partial charge in [0.2, 0.25) is 21.8 Å². The van der Waals surface area contributed by atoms with Gasteiger partial charge in [0.05, 0.1) is 47.2 Å². The largest absolute Gasteiger partial charge is 0.497 e. The van der Waals surface area contributed by atoms with Crippen LogP contribution in [-0.4, -0.2) is 74.5 Å². The van der Waals surface area contributed by atoms with Crippen molar-refractivity contribution in [1.29, 1.82) is 0 Å². The highest BCUT2D eigenvalue weighted by molar-refractivity contribution is 7.93. The van der Waals surface area contributed by atoms with Crippen LogP contribution in [-0.2, 0) is 37.7 Å². The van der Waals surface area contributed by atoms with E-state index in [2.05, 4.69) is 30.4 Å². The molecule has 0 spiro atoms. The number of nitrogens with two attached hydrogens (primary N) is 1. The fourth-order valence-corrected chi connectivity index (χ4v) is 9.60. The lowest BCUT2D eigenvalue weighted by Gasteiger charge is -2.18. The molecule has 0 aliphatic heterocycles. The van der Waals surface area contributed by atoms with E-state index >= 15 is 0 Å². The highest BCUT2D eigenvalue weighted by Gasteiger charge is 2.34. The molecule has 15 nitrogen and oxygen atoms in total. The number of aromatic nitrogens is 5. The molecule has 52 heavy (non-hydrogen) atoms. The zero-order chi connectivity index (χ0) is 37.0. The highest BCUT2D eigenvalue weighted by Crippen LogP contribution is 2.43. The first-order valence-corrected chi connectivity index (χ1v) is 19.7. The molecule has 0 fully saturated rings. The average molecular weight is 763 g/mol. The second kappa shape index (κ2) is 15.1. The van der Waals surface area contributed by atoms with Crippen molar-refractivity contribution in [2.24, 2.45) is 5.73 Å². The number of ether oxygens (including phenoxy) is 2. The number of para-hydroxylation sites is 1. The van der Waals surface area contributed by atoms with Gasteiger partial charge in [-0.1, -0.05) is 53.8 Å². The van der Waals surface area contributed by atoms with Gasteiger partial charge in [0.25, 0.3) is 0 Å². The monoisotopic (exact) mass is 762 g/mol. The van der Waals surface area contributed by atoms with Crippen LogP contribution < -0.4 is 25.2 Å². The summed E-state index contributed by atoms with van der Waals surface area (Å²) in [5.41, 5.74) is 8.14. The highest BCUT2D eigenvalue weighted by atomic mass is 32.2. The standard InChI is InChI=1S/C34H34N8O7S3/c1-21(43)37-34-38-31-27(5-4-6-28(31)50-34)26-15-16-29(51(44,45)18-17-35)32(52(46,47)36-19-22-7-11-24(48-2)12-8-22)30(26)33-39-41-42(40-33)20-23-9-13-25(49-3)14-10-23/h4-16,36H,17-20,35H2,1-3H3,(H,37,38,43). The molecular formula is C34H34N8O7S3. The maximum Gasteiger partial charge on any atom is 0.242 e. The number of amides is 1. The Labute approximate surface area is 303 Å². The van der Waals surface area contributed by atoms with Crippen molar-refractivity contribution in [3.63, 3.8) is 0 Å². The fourth-order valence-electron chi connectivity index (χ4n) is 5.46. The molecule has 0 aliphatic carbocycles. The topological polar surface area (TPSA) is 210 Å². The first-order chi connectivity index (χ1) is 24.9. The number of thiazole rings is 1. The lowest BCUT2D eigenvalue weighted by atomic mass is 9.98. The summed E-state index contributed by atoms with van der Waals surface area (Å²) in [7, 11) is -5.83. The Morgan fingerprint density at radius 1 is 0.885 bits per heavy atom. The van der Waals surface area contributed by atoms with Crippen LogP contribution in [0.2, 0.25) is 0 Å². The van der Waals surface area contributed by atoms with Crippen LogP contribution in [0.5, 0.6) is 11.5 Å². The van der Waals surface area contributed by atoms with Crippen molar-refractivity contribution < 1.29 is 31.1 Å². The molecule has 0 unspecified atom stereocenters. The number of anilines is 1. The van der Waals surface area contributed by atoms with Gasteiger partial charge >= 0.3 is 0 Å². The molecule has 0 bridgehead atoms. The second-order valence-corrected chi connectivity index (χ2v) is 16.3. The van der Waals surface area contributed by atoms with Crippen LogP contribution in [0.15, 0.2) is 88.7 Å². The second-order valence-electron chi connectivity index (χ2n) is 11.4. The number of hydrogen-bond acceptors (Lipinski definition) is 13. The molecule has 6 rings (SSSR count). The summed E-state index contributed by atoms with van der Waals surface area (Å²) < 4.78 is 70.4. The van der Waals surface area contributed by atoms with Crippen LogP contribution in [0.1, 0.15) is 18.1 Å². The molecule has 4 N–H and O–H groups in total. The van der Waals surface area contributed by atoms with Gasteiger partial charge in [-0.25, -0.2) is 26.5 Å². The van der Waals surface area contributed by atoms with Crippen LogP contribution >= 0.6 is 11.3 Å². The number of nitrogens with zero attached hydrogens (tertiary/aromatic N) is 5. The number of carbonyl (C=O) groups is 1. The number of tetrazole rings is 1. The number of rotatable bonds is 14. The van der Waals surface area contributed by atoms with Crippen molar-refractivity contribution in [2.45, 2.75) is 29.8 Å². The van der Waals surface area contributed by atoms with Gasteiger partial charge in [0.15, 0.2) is 15.0 Å². The Balaban J connectivity index is 1.58. The van der Waals surface area contributed by atoms with Crippen LogP contribution in [0.3, 0.4) is 0 Å². The molecule has 6 aromatic rings. The van der Waals surface area contributed by atoms with Crippen molar-refractivity contribution in [2.75, 3.05) is 31.8 Å². The van der Waals surface area contributed by atoms with Gasteiger partial charge in [-0.15, -0.1) is 10.2 Å². The third-order valence-corrected chi connectivity index (χ3v) is 12.2. The molecule has 0 atom stereocenters. The van der Waals surface area contributed by atoms with E-state index in [-0.39, 0.29) is 42.5 Å². The van der Waals surface area contributed by atoms with Crippen molar-refractivity contribution in [3.05, 3.63) is 90.0 Å². The van der Waals surface area contributed by atoms with E-state index in [1.54, 1.807) is 61.7 Å². The number of benzene rings is 4. The van der Waals surface area contributed by atoms with Gasteiger partial charge in [0.1, 0.15) is 16.4 Å². The summed E-state index contributed by atoms with van der Waals surface area (Å²) in [6, 6.07) is 22.0. The number of hydrogen-bond donors (Lipinski definition) is 3. The van der Waals surface area contributed by atoms with E-state index in [0.717, 1.165) is 5.56 Å². The molecule has 1 amide bonds. The predicted molar refractivity (Wildman–Crippen MR) is 196 cm³/mol. The Bertz CT molecular complexity index is 2470. The summed E-state index contributed by atoms with van der Waals surface area (Å²) >= 11 is 1.23. The summed E-state index contributed by atoms with van der Waals surface area (Å²) in [4.78, 5) is 16.7. The minimum Gasteiger partial charge on any atom is -0.497 e. The number of nitrogens with one attached hydrogen (secondary N) is 2. The van der Waals surface area contributed by atoms with E-state index in [1.165, 1.54) is 42.3 Å². The van der Waals surface area contributed by atoms with Crippen molar-refractivity contribution in [1.82, 2.24) is 29.9 Å². The lowest BCUT2D eigenvalue weighted by molar-refractivity contribution is -0.114. The number of sulfone groups is 1. The Morgan fingerprint density at radius 2 is 1.56 bits per heavy atom. The maximum atomic E-state index is 14.5. The molecule has 18 heteroatoms. The number of fused-ring (bicyclic) bond motifs is 1. The fraction of sp³-hybridized carbons (Fsp3) is 0.206. The van der Waals surface area contributed by atoms with Gasteiger partial charge < -0.3 is 20.5 Å². The third-order valence-electron chi connectivity index (χ3n) is 7.89. The SMILES string of the molecule is COc1ccc(CNS(=O)(=O)c2c(S(=O)(=O)CCN)ccc(-c3cccc4sc(NC(C)=O)nc34)c2-c2nnn(Cc3ccc(OC)cc3)n2)cc1. The summed E-state index contributed by atoms with van der Waals surface area (Å²) in [5.74, 6) is 0.258. The molecular weight excluding hydrogens is 729 g/mol. The number of methoxy groups -OCH3 is 2. The van der Waals surface area contributed by atoms with Gasteiger partial charge in [0, 0.05) is 25.6 Å². The lowest BCUT2D eigenvalue weighted by Crippen LogP contribution is -2.27. The minimum atomic E-state index is -4.64. The maximum absolute atomic E-state index is 14.5. The van der Waals surface area contributed by atoms with Crippen LogP contribution in [0.25, 0.3) is 32.7 Å². The molecule has 270 valence electrons. The van der Waals surface area contributed by atoms with E-state index < -0.39 is 35.4 Å². The Morgan fingerprint density at radius 3 is 2.19 bits per heavy atom. The summed E-state index contributed by atoms with van der Waals surface area (Å²) in [5, 5.41) is 16.1. The molecule has 2 aromatic heterocycles. The smallest absolute Gasteiger partial charge is 0.242 e. The van der Waals surface area contributed by atoms with E-state index in [9.17, 15) is 21.6 Å². The van der Waals surface area contributed by atoms with Gasteiger partial charge in [-0.05, 0) is 58.3 Å². The molecule has 4 aromatic carbocycles. The predicted octanol–water partition coefficient (Wildman–Crippen LogP) is 3.85. The van der Waals surface area contributed by atoms with Crippen molar-refractivity contribution >= 4 is 52.5 Å². The minimum absolute atomic E-state index is 0.108. The number of carbonyl (C=O) groups excluding carboxylic acids is 1. The van der Waals surface area contributed by atoms with Crippen LogP contribution in [0, 0.1) is 0 Å². The van der Waals surface area contributed by atoms with E-state index in [4.69, 9.17) is 15.2 Å². The van der Waals surface area contributed by atoms with E-state index in [0.29, 0.717) is 38.0 Å². The molecule has 0 aliphatic rings. The summed E-state index contributed by atoms with van der Waals surface area (Å²) in [6.07, 6.45) is 0. The number of sulfonamides is 1. The molecule has 2 heterocycles. The first kappa shape index (κ1) is 36.5. The van der Waals surface area contributed by atoms with E-state index in [1.807, 2.05) is 12.1 Å². The van der Waals surface area contributed by atoms with Crippen molar-refractivity contribution in [3.8, 4) is 34.0 Å². The Kier molecular flexibility index (Phi) is 10.6. The van der Waals surface area contributed by atoms with Crippen LogP contribution in [0.4, 0.5) is 5.13 Å². The molecule has 0 saturated heterocycles. The first-order valence-electron chi connectivity index (χ1n) is 15.7. The summed E-state index contributed by atoms with van der Waals surface area (Å²) in [6.45, 7) is 1.10. The molecule has 0 saturated carbocycles. The zero-order valence-electron chi connectivity index (χ0n) is 28.2. The van der Waals surface area contributed by atoms with Gasteiger partial charge in [-0.2, -0.15) is 4.80 Å². The quantitative estimate of drug-likeness (QED) is 0.145. The van der Waals surface area contributed by atoms with Gasteiger partial charge in [-0.3, -0.25) is 4.79 Å². The normalized spacial score (nSPS) is 11.8. The molecule has 0 radical (unpaired) electrons. The average Bonchev–Trinajstić information content (AvgIpc) is 3.77. The zero-order valence-corrected chi connectivity index (χ0v) is 30.7. The third kappa shape index (κ3) is 7.80. The Hall–Kier alpha value is -5.27.